The Morgan fingerprint density at radius 2 is 1.30 bits per heavy atom. The zero-order chi connectivity index (χ0) is 18.2. The molecule has 0 bridgehead atoms. The topological polar surface area (TPSA) is 164 Å². The van der Waals surface area contributed by atoms with Crippen molar-refractivity contribution in [3.8, 4) is 0 Å². The Morgan fingerprint density at radius 3 is 1.61 bits per heavy atom. The summed E-state index contributed by atoms with van der Waals surface area (Å²) in [4.78, 5) is 29.6. The van der Waals surface area contributed by atoms with E-state index in [1.54, 1.807) is 0 Å². The average Bonchev–Trinajstić information content (AvgIpc) is 2.43. The van der Waals surface area contributed by atoms with Crippen LogP contribution in [0.1, 0.15) is 0 Å². The van der Waals surface area contributed by atoms with E-state index in [1.807, 2.05) is 0 Å². The van der Waals surface area contributed by atoms with Gasteiger partial charge < -0.3 is 30.8 Å². The van der Waals surface area contributed by atoms with Gasteiger partial charge in [-0.2, -0.15) is 0 Å². The van der Waals surface area contributed by atoms with Crippen molar-refractivity contribution in [2.24, 2.45) is 0 Å². The number of nitrogens with one attached hydrogen (secondary N) is 1. The molecular weight excluding hydrogens is 324 g/mol. The Morgan fingerprint density at radius 1 is 0.913 bits per heavy atom. The largest absolute Gasteiger partial charge is 0.480 e. The first-order valence-corrected chi connectivity index (χ1v) is 5.78. The van der Waals surface area contributed by atoms with Crippen LogP contribution >= 0.6 is 0 Å². The number of carboxylic acid groups (broad SMARTS) is 3. The minimum absolute atomic E-state index is 0.111. The second-order valence-electron chi connectivity index (χ2n) is 3.97. The Kier molecular flexibility index (Phi) is 8.15. The number of aliphatic hydroxyl groups is 2. The molecule has 0 spiro atoms. The van der Waals surface area contributed by atoms with Crippen LogP contribution in [0.15, 0.2) is 18.2 Å². The summed E-state index contributed by atoms with van der Waals surface area (Å²) in [6.07, 6.45) is -4.53. The summed E-state index contributed by atoms with van der Waals surface area (Å²) in [7, 11) is 0. The molecule has 0 aliphatic heterocycles. The maximum Gasteiger partial charge on any atom is 0.335 e. The smallest absolute Gasteiger partial charge is 0.335 e. The maximum absolute atomic E-state index is 12.5. The first-order chi connectivity index (χ1) is 10.5. The average molecular weight is 337 g/mol. The van der Waals surface area contributed by atoms with Gasteiger partial charge in [0, 0.05) is 11.8 Å². The van der Waals surface area contributed by atoms with E-state index in [0.29, 0.717) is 6.07 Å². The number of hydrogen-bond donors (Lipinski definition) is 6. The number of carboxylic acids is 3. The van der Waals surface area contributed by atoms with Crippen LogP contribution in [0, 0.1) is 11.6 Å². The normalized spacial score (nSPS) is 12.3. The van der Waals surface area contributed by atoms with E-state index in [9.17, 15) is 23.2 Å². The molecule has 2 atom stereocenters. The minimum Gasteiger partial charge on any atom is -0.480 e. The third kappa shape index (κ3) is 8.28. The lowest BCUT2D eigenvalue weighted by Gasteiger charge is -2.07. The minimum atomic E-state index is -2.27. The van der Waals surface area contributed by atoms with E-state index in [0.717, 1.165) is 12.1 Å². The molecule has 0 aromatic heterocycles. The number of carbonyl (C=O) groups is 3. The van der Waals surface area contributed by atoms with Gasteiger partial charge in [0.15, 0.2) is 12.2 Å². The molecule has 0 amide bonds. The van der Waals surface area contributed by atoms with Crippen LogP contribution in [-0.4, -0.2) is 62.2 Å². The molecule has 0 radical (unpaired) electrons. The van der Waals surface area contributed by atoms with Gasteiger partial charge in [-0.1, -0.05) is 0 Å². The second-order valence-corrected chi connectivity index (χ2v) is 3.97. The van der Waals surface area contributed by atoms with Gasteiger partial charge in [0.25, 0.3) is 0 Å². The number of halogens is 2. The molecule has 1 aromatic carbocycles. The third-order valence-corrected chi connectivity index (χ3v) is 2.11. The molecule has 0 aliphatic rings. The summed E-state index contributed by atoms with van der Waals surface area (Å²) in [5, 5.41) is 43.1. The number of hydrogen-bond acceptors (Lipinski definition) is 6. The zero-order valence-corrected chi connectivity index (χ0v) is 11.3. The van der Waals surface area contributed by atoms with Gasteiger partial charge in [-0.25, -0.2) is 18.4 Å². The highest BCUT2D eigenvalue weighted by atomic mass is 19.1. The van der Waals surface area contributed by atoms with E-state index < -0.39 is 41.8 Å². The zero-order valence-electron chi connectivity index (χ0n) is 11.3. The molecule has 9 nitrogen and oxygen atoms in total. The lowest BCUT2D eigenvalue weighted by atomic mass is 10.2. The van der Waals surface area contributed by atoms with Crippen LogP contribution in [-0.2, 0) is 14.4 Å². The second kappa shape index (κ2) is 9.27. The molecule has 2 unspecified atom stereocenters. The molecule has 1 rings (SSSR count). The first-order valence-electron chi connectivity index (χ1n) is 5.78. The summed E-state index contributed by atoms with van der Waals surface area (Å²) >= 11 is 0. The first kappa shape index (κ1) is 20.2. The van der Waals surface area contributed by atoms with Gasteiger partial charge in [0.2, 0.25) is 0 Å². The maximum atomic E-state index is 12.5. The molecule has 1 aromatic rings. The fraction of sp³-hybridized carbons (Fsp3) is 0.250. The van der Waals surface area contributed by atoms with Crippen LogP contribution in [0.5, 0.6) is 0 Å². The van der Waals surface area contributed by atoms with Crippen molar-refractivity contribution < 1.29 is 48.7 Å². The lowest BCUT2D eigenvalue weighted by Crippen LogP contribution is -2.39. The van der Waals surface area contributed by atoms with Crippen LogP contribution < -0.4 is 5.32 Å². The molecule has 0 saturated heterocycles. The molecule has 11 heteroatoms. The quantitative estimate of drug-likeness (QED) is 0.395. The number of anilines is 1. The van der Waals surface area contributed by atoms with E-state index in [-0.39, 0.29) is 12.2 Å². The monoisotopic (exact) mass is 337 g/mol. The van der Waals surface area contributed by atoms with Gasteiger partial charge in [-0.15, -0.1) is 0 Å². The molecule has 0 fully saturated rings. The summed E-state index contributed by atoms with van der Waals surface area (Å²) in [6, 6.07) is 2.75. The highest BCUT2D eigenvalue weighted by Crippen LogP contribution is 2.12. The fourth-order valence-corrected chi connectivity index (χ4v) is 1.10. The van der Waals surface area contributed by atoms with Crippen LogP contribution in [0.25, 0.3) is 0 Å². The molecule has 6 N–H and O–H groups in total. The van der Waals surface area contributed by atoms with Crippen LogP contribution in [0.4, 0.5) is 14.5 Å². The van der Waals surface area contributed by atoms with E-state index in [2.05, 4.69) is 5.32 Å². The molecular formula is C12H13F2NO8. The number of rotatable bonds is 6. The predicted octanol–water partition coefficient (Wildman–Crippen LogP) is -0.661. The Balaban J connectivity index is 0.000000438. The third-order valence-electron chi connectivity index (χ3n) is 2.11. The SMILES string of the molecule is O=C(O)C(O)C(O)C(=O)O.O=C(O)CNc1cc(F)cc(F)c1. The Hall–Kier alpha value is -2.79. The van der Waals surface area contributed by atoms with Gasteiger partial charge in [-0.05, 0) is 12.1 Å². The molecule has 0 heterocycles. The molecule has 23 heavy (non-hydrogen) atoms. The van der Waals surface area contributed by atoms with Gasteiger partial charge in [0.1, 0.15) is 18.2 Å². The van der Waals surface area contributed by atoms with Gasteiger partial charge >= 0.3 is 17.9 Å². The number of aliphatic carboxylic acids is 3. The van der Waals surface area contributed by atoms with Crippen molar-refractivity contribution in [2.75, 3.05) is 11.9 Å². The van der Waals surface area contributed by atoms with Crippen molar-refractivity contribution in [1.29, 1.82) is 0 Å². The van der Waals surface area contributed by atoms with Crippen molar-refractivity contribution >= 4 is 23.6 Å². The number of aliphatic hydroxyl groups excluding tert-OH is 2. The van der Waals surface area contributed by atoms with E-state index in [4.69, 9.17) is 25.5 Å². The van der Waals surface area contributed by atoms with Crippen LogP contribution in [0.3, 0.4) is 0 Å². The Labute approximate surface area is 127 Å². The van der Waals surface area contributed by atoms with Crippen LogP contribution in [0.2, 0.25) is 0 Å². The molecule has 128 valence electrons. The van der Waals surface area contributed by atoms with E-state index >= 15 is 0 Å². The van der Waals surface area contributed by atoms with Gasteiger partial charge in [-0.3, -0.25) is 4.79 Å². The number of benzene rings is 1. The van der Waals surface area contributed by atoms with E-state index in [1.165, 1.54) is 0 Å². The predicted molar refractivity (Wildman–Crippen MR) is 69.8 cm³/mol. The lowest BCUT2D eigenvalue weighted by molar-refractivity contribution is -0.165. The fourth-order valence-electron chi connectivity index (χ4n) is 1.10. The Bertz CT molecular complexity index is 542. The highest BCUT2D eigenvalue weighted by molar-refractivity contribution is 5.83. The van der Waals surface area contributed by atoms with Crippen molar-refractivity contribution in [1.82, 2.24) is 0 Å². The molecule has 0 saturated carbocycles. The summed E-state index contributed by atoms with van der Waals surface area (Å²) in [6.45, 7) is -0.372. The summed E-state index contributed by atoms with van der Waals surface area (Å²) < 4.78 is 25.1. The molecule has 0 aliphatic carbocycles. The summed E-state index contributed by atoms with van der Waals surface area (Å²) in [5.41, 5.74) is 0.111. The van der Waals surface area contributed by atoms with Gasteiger partial charge in [0.05, 0.1) is 0 Å². The van der Waals surface area contributed by atoms with Crippen molar-refractivity contribution in [3.05, 3.63) is 29.8 Å². The summed E-state index contributed by atoms with van der Waals surface area (Å²) in [5.74, 6) is -6.12. The van der Waals surface area contributed by atoms with Crippen molar-refractivity contribution in [3.63, 3.8) is 0 Å². The highest BCUT2D eigenvalue weighted by Gasteiger charge is 2.29. The van der Waals surface area contributed by atoms with Crippen molar-refractivity contribution in [2.45, 2.75) is 12.2 Å². The standard InChI is InChI=1S/C8H7F2NO2.C4H6O6/c9-5-1-6(10)3-7(2-5)11-4-8(12)13;5-1(3(7)8)2(6)4(9)10/h1-3,11H,4H2,(H,12,13);1-2,5-6H,(H,7,8)(H,9,10).